The van der Waals surface area contributed by atoms with E-state index in [9.17, 15) is 0 Å². The topological polar surface area (TPSA) is 49.0 Å². The van der Waals surface area contributed by atoms with Gasteiger partial charge < -0.3 is 24.3 Å². The van der Waals surface area contributed by atoms with Crippen LogP contribution >= 0.6 is 0 Å². The average Bonchev–Trinajstić information content (AvgIpc) is 2.93. The van der Waals surface area contributed by atoms with E-state index in [0.717, 1.165) is 24.3 Å². The standard InChI is InChI=1S/C16H25NO4/c1-11(17-12(2)16(18-3)19-4)5-6-13-7-8-14-15(9-13)21-10-20-14/h7-9,11-12,16-17H,5-6,10H2,1-4H3. The molecule has 0 aromatic heterocycles. The molecule has 2 atom stereocenters. The Morgan fingerprint density at radius 1 is 1.14 bits per heavy atom. The molecule has 2 unspecified atom stereocenters. The molecule has 1 heterocycles. The zero-order valence-electron chi connectivity index (χ0n) is 13.2. The number of benzene rings is 1. The van der Waals surface area contributed by atoms with Crippen LogP contribution in [0.4, 0.5) is 0 Å². The van der Waals surface area contributed by atoms with Crippen LogP contribution in [0.5, 0.6) is 11.5 Å². The average molecular weight is 295 g/mol. The molecule has 1 aromatic rings. The van der Waals surface area contributed by atoms with Gasteiger partial charge in [-0.15, -0.1) is 0 Å². The van der Waals surface area contributed by atoms with Crippen molar-refractivity contribution in [1.82, 2.24) is 5.32 Å². The van der Waals surface area contributed by atoms with Crippen LogP contribution in [0, 0.1) is 0 Å². The number of rotatable bonds is 8. The van der Waals surface area contributed by atoms with E-state index in [1.807, 2.05) is 6.07 Å². The summed E-state index contributed by atoms with van der Waals surface area (Å²) >= 11 is 0. The molecule has 0 fully saturated rings. The van der Waals surface area contributed by atoms with E-state index in [2.05, 4.69) is 31.3 Å². The number of methoxy groups -OCH3 is 2. The molecule has 0 aliphatic carbocycles. The zero-order chi connectivity index (χ0) is 15.2. The Balaban J connectivity index is 1.79. The van der Waals surface area contributed by atoms with Crippen LogP contribution < -0.4 is 14.8 Å². The molecule has 118 valence electrons. The number of hydrogen-bond donors (Lipinski definition) is 1. The smallest absolute Gasteiger partial charge is 0.231 e. The summed E-state index contributed by atoms with van der Waals surface area (Å²) in [5, 5.41) is 3.50. The van der Waals surface area contributed by atoms with Crippen molar-refractivity contribution in [3.05, 3.63) is 23.8 Å². The minimum Gasteiger partial charge on any atom is -0.454 e. The third kappa shape index (κ3) is 4.33. The highest BCUT2D eigenvalue weighted by atomic mass is 16.7. The number of ether oxygens (including phenoxy) is 4. The van der Waals surface area contributed by atoms with Crippen LogP contribution in [0.15, 0.2) is 18.2 Å². The summed E-state index contributed by atoms with van der Waals surface area (Å²) in [5.74, 6) is 1.68. The van der Waals surface area contributed by atoms with Crippen molar-refractivity contribution in [2.45, 2.75) is 45.1 Å². The van der Waals surface area contributed by atoms with Crippen LogP contribution in [0.3, 0.4) is 0 Å². The number of fused-ring (bicyclic) bond motifs is 1. The molecule has 5 nitrogen and oxygen atoms in total. The Morgan fingerprint density at radius 3 is 2.57 bits per heavy atom. The lowest BCUT2D eigenvalue weighted by Crippen LogP contribution is -2.44. The second-order valence-corrected chi connectivity index (χ2v) is 5.42. The Bertz CT molecular complexity index is 448. The van der Waals surface area contributed by atoms with Crippen LogP contribution in [0.1, 0.15) is 25.8 Å². The van der Waals surface area contributed by atoms with E-state index in [4.69, 9.17) is 18.9 Å². The summed E-state index contributed by atoms with van der Waals surface area (Å²) in [7, 11) is 3.31. The number of aryl methyl sites for hydroxylation is 1. The molecule has 5 heteroatoms. The maximum absolute atomic E-state index is 5.40. The second-order valence-electron chi connectivity index (χ2n) is 5.42. The Kier molecular flexibility index (Phi) is 5.85. The van der Waals surface area contributed by atoms with Crippen molar-refractivity contribution >= 4 is 0 Å². The Labute approximate surface area is 126 Å². The third-order valence-electron chi connectivity index (χ3n) is 3.72. The van der Waals surface area contributed by atoms with Gasteiger partial charge in [0.15, 0.2) is 17.8 Å². The van der Waals surface area contributed by atoms with Crippen LogP contribution in [0.25, 0.3) is 0 Å². The number of hydrogen-bond acceptors (Lipinski definition) is 5. The van der Waals surface area contributed by atoms with E-state index in [1.165, 1.54) is 5.56 Å². The normalized spacial score (nSPS) is 16.2. The van der Waals surface area contributed by atoms with E-state index >= 15 is 0 Å². The fraction of sp³-hybridized carbons (Fsp3) is 0.625. The molecule has 0 bridgehead atoms. The molecule has 21 heavy (non-hydrogen) atoms. The van der Waals surface area contributed by atoms with Gasteiger partial charge >= 0.3 is 0 Å². The largest absolute Gasteiger partial charge is 0.454 e. The summed E-state index contributed by atoms with van der Waals surface area (Å²) < 4.78 is 21.2. The van der Waals surface area contributed by atoms with E-state index in [1.54, 1.807) is 14.2 Å². The van der Waals surface area contributed by atoms with Gasteiger partial charge in [0.1, 0.15) is 0 Å². The minimum absolute atomic E-state index is 0.145. The summed E-state index contributed by atoms with van der Waals surface area (Å²) in [6.07, 6.45) is 1.80. The van der Waals surface area contributed by atoms with Crippen LogP contribution in [-0.2, 0) is 15.9 Å². The molecule has 1 aromatic carbocycles. The third-order valence-corrected chi connectivity index (χ3v) is 3.72. The Morgan fingerprint density at radius 2 is 1.86 bits per heavy atom. The van der Waals surface area contributed by atoms with Gasteiger partial charge in [0.25, 0.3) is 0 Å². The second kappa shape index (κ2) is 7.64. The highest BCUT2D eigenvalue weighted by molar-refractivity contribution is 5.44. The highest BCUT2D eigenvalue weighted by Gasteiger charge is 2.18. The summed E-state index contributed by atoms with van der Waals surface area (Å²) in [4.78, 5) is 0. The fourth-order valence-corrected chi connectivity index (χ4v) is 2.59. The van der Waals surface area contributed by atoms with E-state index in [-0.39, 0.29) is 12.3 Å². The van der Waals surface area contributed by atoms with Crippen molar-refractivity contribution in [1.29, 1.82) is 0 Å². The summed E-state index contributed by atoms with van der Waals surface area (Å²) in [6, 6.07) is 6.65. The number of nitrogens with one attached hydrogen (secondary N) is 1. The van der Waals surface area contributed by atoms with E-state index in [0.29, 0.717) is 12.8 Å². The Hall–Kier alpha value is -1.30. The first-order valence-corrected chi connectivity index (χ1v) is 7.34. The molecule has 1 aliphatic rings. The molecular formula is C16H25NO4. The van der Waals surface area contributed by atoms with Gasteiger partial charge in [0.2, 0.25) is 6.79 Å². The monoisotopic (exact) mass is 295 g/mol. The molecule has 1 N–H and O–H groups in total. The lowest BCUT2D eigenvalue weighted by molar-refractivity contribution is -0.120. The lowest BCUT2D eigenvalue weighted by atomic mass is 10.0. The van der Waals surface area contributed by atoms with Crippen molar-refractivity contribution in [2.75, 3.05) is 21.0 Å². The molecule has 1 aliphatic heterocycles. The van der Waals surface area contributed by atoms with Crippen molar-refractivity contribution in [2.24, 2.45) is 0 Å². The first-order chi connectivity index (χ1) is 10.1. The maximum Gasteiger partial charge on any atom is 0.231 e. The van der Waals surface area contributed by atoms with Gasteiger partial charge in [-0.25, -0.2) is 0 Å². The molecule has 0 amide bonds. The predicted octanol–water partition coefficient (Wildman–Crippen LogP) is 2.33. The zero-order valence-corrected chi connectivity index (χ0v) is 13.2. The SMILES string of the molecule is COC(OC)C(C)NC(C)CCc1ccc2c(c1)OCO2. The van der Waals surface area contributed by atoms with Gasteiger partial charge in [-0.05, 0) is 44.4 Å². The molecular weight excluding hydrogens is 270 g/mol. The highest BCUT2D eigenvalue weighted by Crippen LogP contribution is 2.32. The van der Waals surface area contributed by atoms with Crippen molar-refractivity contribution in [3.8, 4) is 11.5 Å². The molecule has 0 radical (unpaired) electrons. The van der Waals surface area contributed by atoms with Crippen LogP contribution in [-0.4, -0.2) is 39.4 Å². The predicted molar refractivity (Wildman–Crippen MR) is 80.8 cm³/mol. The van der Waals surface area contributed by atoms with Gasteiger partial charge in [0, 0.05) is 20.3 Å². The molecule has 0 saturated carbocycles. The molecule has 2 rings (SSSR count). The van der Waals surface area contributed by atoms with Crippen molar-refractivity contribution in [3.63, 3.8) is 0 Å². The van der Waals surface area contributed by atoms with Gasteiger partial charge in [-0.3, -0.25) is 0 Å². The van der Waals surface area contributed by atoms with Gasteiger partial charge in [-0.1, -0.05) is 6.07 Å². The fourth-order valence-electron chi connectivity index (χ4n) is 2.59. The van der Waals surface area contributed by atoms with Gasteiger partial charge in [0.05, 0.1) is 6.04 Å². The quantitative estimate of drug-likeness (QED) is 0.746. The summed E-state index contributed by atoms with van der Waals surface area (Å²) in [5.41, 5.74) is 1.26. The van der Waals surface area contributed by atoms with Crippen LogP contribution in [0.2, 0.25) is 0 Å². The van der Waals surface area contributed by atoms with Gasteiger partial charge in [-0.2, -0.15) is 0 Å². The minimum atomic E-state index is -0.224. The molecule has 0 spiro atoms. The lowest BCUT2D eigenvalue weighted by Gasteiger charge is -2.25. The summed E-state index contributed by atoms with van der Waals surface area (Å²) in [6.45, 7) is 4.56. The van der Waals surface area contributed by atoms with Crippen molar-refractivity contribution < 1.29 is 18.9 Å². The van der Waals surface area contributed by atoms with E-state index < -0.39 is 0 Å². The first-order valence-electron chi connectivity index (χ1n) is 7.34. The maximum atomic E-state index is 5.40. The molecule has 0 saturated heterocycles. The first kappa shape index (κ1) is 16.1.